The molecule has 0 spiro atoms. The summed E-state index contributed by atoms with van der Waals surface area (Å²) in [6, 6.07) is 7.93. The minimum Gasteiger partial charge on any atom is -0.376 e. The number of aromatic nitrogens is 5. The zero-order chi connectivity index (χ0) is 21.4. The van der Waals surface area contributed by atoms with Gasteiger partial charge in [-0.05, 0) is 47.2 Å². The molecule has 2 aromatic heterocycles. The van der Waals surface area contributed by atoms with Gasteiger partial charge in [0.2, 0.25) is 5.82 Å². The second-order valence-corrected chi connectivity index (χ2v) is 9.00. The van der Waals surface area contributed by atoms with Crippen LogP contribution >= 0.6 is 0 Å². The van der Waals surface area contributed by atoms with Crippen LogP contribution in [0.4, 0.5) is 0 Å². The molecule has 4 heterocycles. The Morgan fingerprint density at radius 1 is 1.29 bits per heavy atom. The quantitative estimate of drug-likeness (QED) is 0.463. The van der Waals surface area contributed by atoms with Gasteiger partial charge >= 0.3 is 0 Å². The molecule has 3 aromatic rings. The van der Waals surface area contributed by atoms with Gasteiger partial charge in [0, 0.05) is 6.61 Å². The lowest BCUT2D eigenvalue weighted by atomic mass is 10.0. The van der Waals surface area contributed by atoms with E-state index in [0.717, 1.165) is 73.5 Å². The van der Waals surface area contributed by atoms with Gasteiger partial charge in [-0.2, -0.15) is 0 Å². The second-order valence-electron chi connectivity index (χ2n) is 9.00. The number of benzene rings is 1. The molecule has 31 heavy (non-hydrogen) atoms. The van der Waals surface area contributed by atoms with E-state index < -0.39 is 0 Å². The van der Waals surface area contributed by atoms with Crippen molar-refractivity contribution in [1.82, 2.24) is 25.2 Å². The molecule has 0 unspecified atom stereocenters. The Kier molecular flexibility index (Phi) is 5.56. The fourth-order valence-corrected chi connectivity index (χ4v) is 4.97. The summed E-state index contributed by atoms with van der Waals surface area (Å²) in [4.78, 5) is 19.3. The van der Waals surface area contributed by atoms with E-state index >= 15 is 0 Å². The van der Waals surface area contributed by atoms with Crippen LogP contribution < -0.4 is 15.4 Å². The largest absolute Gasteiger partial charge is 0.376 e. The summed E-state index contributed by atoms with van der Waals surface area (Å²) in [6.45, 7) is 7.49. The number of likely N-dealkylation sites (N-methyl/N-ethyl adjacent to an activating group) is 1. The molecular weight excluding hydrogens is 394 g/mol. The van der Waals surface area contributed by atoms with Gasteiger partial charge in [-0.25, -0.2) is 4.68 Å². The number of tetrazole rings is 1. The van der Waals surface area contributed by atoms with Crippen molar-refractivity contribution in [3.8, 4) is 0 Å². The number of aryl methyl sites for hydroxylation is 1. The zero-order valence-electron chi connectivity index (χ0n) is 18.2. The van der Waals surface area contributed by atoms with Crippen molar-refractivity contribution >= 4 is 10.9 Å². The molecule has 2 saturated heterocycles. The number of fused-ring (bicyclic) bond motifs is 1. The minimum atomic E-state index is -0.210. The highest BCUT2D eigenvalue weighted by Crippen LogP contribution is 2.21. The first-order valence-corrected chi connectivity index (χ1v) is 11.3. The van der Waals surface area contributed by atoms with E-state index in [1.54, 1.807) is 0 Å². The number of piperazine rings is 1. The molecule has 5 rings (SSSR count). The number of ether oxygens (including phenoxy) is 1. The monoisotopic (exact) mass is 425 g/mol. The van der Waals surface area contributed by atoms with Crippen molar-refractivity contribution < 1.29 is 14.5 Å². The highest BCUT2D eigenvalue weighted by molar-refractivity contribution is 5.82. The minimum absolute atomic E-state index is 0.0581. The number of quaternary nitrogens is 2. The summed E-state index contributed by atoms with van der Waals surface area (Å²) in [6.07, 6.45) is 2.22. The Balaban J connectivity index is 1.59. The fourth-order valence-electron chi connectivity index (χ4n) is 4.97. The highest BCUT2D eigenvalue weighted by Gasteiger charge is 2.37. The molecule has 0 amide bonds. The highest BCUT2D eigenvalue weighted by atomic mass is 16.5. The van der Waals surface area contributed by atoms with Crippen molar-refractivity contribution in [2.75, 3.05) is 39.8 Å². The van der Waals surface area contributed by atoms with E-state index in [0.29, 0.717) is 6.54 Å². The lowest BCUT2D eigenvalue weighted by molar-refractivity contribution is -1.02. The van der Waals surface area contributed by atoms with Crippen LogP contribution in [0.2, 0.25) is 0 Å². The molecule has 0 bridgehead atoms. The first-order valence-electron chi connectivity index (χ1n) is 11.3. The summed E-state index contributed by atoms with van der Waals surface area (Å²) in [5.74, 6) is 0.752. The van der Waals surface area contributed by atoms with Gasteiger partial charge in [0.1, 0.15) is 26.2 Å². The number of nitrogens with one attached hydrogen (secondary N) is 3. The molecular formula is C22H31N7O2+2. The van der Waals surface area contributed by atoms with Crippen LogP contribution in [-0.2, 0) is 11.3 Å². The molecule has 2 atom stereocenters. The first kappa shape index (κ1) is 20.3. The number of para-hydroxylation sites is 1. The van der Waals surface area contributed by atoms with E-state index in [1.807, 2.05) is 29.8 Å². The van der Waals surface area contributed by atoms with Gasteiger partial charge in [0.15, 0.2) is 6.04 Å². The molecule has 2 fully saturated rings. The van der Waals surface area contributed by atoms with E-state index in [9.17, 15) is 4.79 Å². The SMILES string of the molecule is Cc1cccc2cc([C@@H](c3nnnn3C[C@H]3CCCO3)[NH+]3CC[NH+](C)CC3)c(=O)[nH]c12. The molecule has 2 aliphatic rings. The number of aromatic amines is 1. The summed E-state index contributed by atoms with van der Waals surface area (Å²) in [7, 11) is 2.22. The maximum Gasteiger partial charge on any atom is 0.258 e. The van der Waals surface area contributed by atoms with Crippen molar-refractivity contribution in [2.24, 2.45) is 0 Å². The molecule has 164 valence electrons. The Hall–Kier alpha value is -2.62. The van der Waals surface area contributed by atoms with Crippen molar-refractivity contribution in [1.29, 1.82) is 0 Å². The van der Waals surface area contributed by atoms with Crippen molar-refractivity contribution in [2.45, 2.75) is 38.5 Å². The van der Waals surface area contributed by atoms with Crippen LogP contribution in [0.1, 0.15) is 35.8 Å². The number of nitrogens with zero attached hydrogens (tertiary/aromatic N) is 4. The molecule has 3 N–H and O–H groups in total. The zero-order valence-corrected chi connectivity index (χ0v) is 18.2. The smallest absolute Gasteiger partial charge is 0.258 e. The van der Waals surface area contributed by atoms with Crippen LogP contribution in [0.3, 0.4) is 0 Å². The van der Waals surface area contributed by atoms with Crippen LogP contribution in [-0.4, -0.2) is 71.1 Å². The molecule has 9 heteroatoms. The molecule has 0 saturated carbocycles. The van der Waals surface area contributed by atoms with Gasteiger partial charge < -0.3 is 19.5 Å². The summed E-state index contributed by atoms with van der Waals surface area (Å²) in [5.41, 5.74) is 2.64. The van der Waals surface area contributed by atoms with E-state index in [-0.39, 0.29) is 17.7 Å². The van der Waals surface area contributed by atoms with Crippen LogP contribution in [0.15, 0.2) is 29.1 Å². The van der Waals surface area contributed by atoms with Gasteiger partial charge in [-0.1, -0.05) is 18.2 Å². The first-order chi connectivity index (χ1) is 15.1. The summed E-state index contributed by atoms with van der Waals surface area (Å²) in [5, 5.41) is 13.8. The molecule has 2 aliphatic heterocycles. The van der Waals surface area contributed by atoms with Crippen molar-refractivity contribution in [3.05, 3.63) is 51.6 Å². The van der Waals surface area contributed by atoms with Gasteiger partial charge in [-0.3, -0.25) is 4.79 Å². The predicted octanol–water partition coefficient (Wildman–Crippen LogP) is -1.50. The van der Waals surface area contributed by atoms with Crippen LogP contribution in [0.5, 0.6) is 0 Å². The number of H-pyrrole nitrogens is 1. The lowest BCUT2D eigenvalue weighted by Crippen LogP contribution is -3.27. The van der Waals surface area contributed by atoms with E-state index in [2.05, 4.69) is 33.6 Å². The Labute approximate surface area is 181 Å². The van der Waals surface area contributed by atoms with Gasteiger partial charge in [0.05, 0.1) is 30.8 Å². The summed E-state index contributed by atoms with van der Waals surface area (Å²) < 4.78 is 7.69. The number of rotatable bonds is 5. The number of hydrogen-bond donors (Lipinski definition) is 3. The maximum atomic E-state index is 13.3. The van der Waals surface area contributed by atoms with E-state index in [1.165, 1.54) is 9.80 Å². The molecule has 0 radical (unpaired) electrons. The van der Waals surface area contributed by atoms with Gasteiger partial charge in [0.25, 0.3) is 5.56 Å². The van der Waals surface area contributed by atoms with Gasteiger partial charge in [-0.15, -0.1) is 5.10 Å². The topological polar surface area (TPSA) is 94.6 Å². The summed E-state index contributed by atoms with van der Waals surface area (Å²) >= 11 is 0. The third-order valence-electron chi connectivity index (χ3n) is 6.80. The lowest BCUT2D eigenvalue weighted by Gasteiger charge is -2.32. The maximum absolute atomic E-state index is 13.3. The molecule has 9 nitrogen and oxygen atoms in total. The predicted molar refractivity (Wildman–Crippen MR) is 115 cm³/mol. The van der Waals surface area contributed by atoms with E-state index in [4.69, 9.17) is 4.74 Å². The van der Waals surface area contributed by atoms with Crippen LogP contribution in [0.25, 0.3) is 10.9 Å². The Morgan fingerprint density at radius 3 is 2.90 bits per heavy atom. The average Bonchev–Trinajstić information content (AvgIpc) is 3.44. The standard InChI is InChI=1S/C22H29N7O2/c1-15-5-3-6-16-13-18(22(30)23-19(15)16)20(28-10-8-27(2)9-11-28)21-24-25-26-29(21)14-17-7-4-12-31-17/h3,5-6,13,17,20H,4,7-12,14H2,1-2H3,(H,23,30)/p+2/t17-,20+/m1/s1. The fraction of sp³-hybridized carbons (Fsp3) is 0.545. The van der Waals surface area contributed by atoms with Crippen LogP contribution in [0, 0.1) is 6.92 Å². The van der Waals surface area contributed by atoms with Crippen molar-refractivity contribution in [3.63, 3.8) is 0 Å². The molecule has 1 aromatic carbocycles. The second kappa shape index (κ2) is 8.49. The Morgan fingerprint density at radius 2 is 2.13 bits per heavy atom. The Bertz CT molecular complexity index is 1110. The average molecular weight is 426 g/mol. The third-order valence-corrected chi connectivity index (χ3v) is 6.80. The number of hydrogen-bond acceptors (Lipinski definition) is 5. The normalized spacial score (nSPS) is 25.2. The third kappa shape index (κ3) is 4.00. The number of pyridine rings is 1. The molecule has 0 aliphatic carbocycles.